The van der Waals surface area contributed by atoms with Gasteiger partial charge in [0.25, 0.3) is 0 Å². The molecular weight excluding hydrogens is 240 g/mol. The van der Waals surface area contributed by atoms with Crippen LogP contribution in [0.1, 0.15) is 17.0 Å². The van der Waals surface area contributed by atoms with Gasteiger partial charge in [0.2, 0.25) is 0 Å². The van der Waals surface area contributed by atoms with Crippen molar-refractivity contribution in [2.24, 2.45) is 0 Å². The minimum atomic E-state index is -0.781. The molecular formula is C12H13F2N3O. The summed E-state index contributed by atoms with van der Waals surface area (Å²) in [6.45, 7) is 3.91. The summed E-state index contributed by atoms with van der Waals surface area (Å²) in [6, 6.07) is 1.90. The van der Waals surface area contributed by atoms with Crippen LogP contribution in [0.4, 0.5) is 20.2 Å². The van der Waals surface area contributed by atoms with E-state index in [9.17, 15) is 8.78 Å². The van der Waals surface area contributed by atoms with E-state index in [-0.39, 0.29) is 11.4 Å². The molecule has 0 amide bonds. The lowest BCUT2D eigenvalue weighted by atomic mass is 10.2. The van der Waals surface area contributed by atoms with E-state index in [0.717, 1.165) is 23.4 Å². The van der Waals surface area contributed by atoms with Crippen molar-refractivity contribution < 1.29 is 13.3 Å². The van der Waals surface area contributed by atoms with Crippen LogP contribution in [0.25, 0.3) is 0 Å². The van der Waals surface area contributed by atoms with Gasteiger partial charge in [0.05, 0.1) is 17.1 Å². The van der Waals surface area contributed by atoms with E-state index in [4.69, 9.17) is 10.3 Å². The standard InChI is InChI=1S/C12H13F2N3O/c1-6-9(7(2)18-17-6)5-16-11-4-8(13)3-10(14)12(11)15/h3-4,16H,5,15H2,1-2H3. The van der Waals surface area contributed by atoms with E-state index in [1.165, 1.54) is 0 Å². The minimum Gasteiger partial charge on any atom is -0.395 e. The van der Waals surface area contributed by atoms with Gasteiger partial charge in [-0.25, -0.2) is 8.78 Å². The largest absolute Gasteiger partial charge is 0.395 e. The molecule has 0 saturated heterocycles. The first-order chi connectivity index (χ1) is 8.49. The number of hydrogen-bond acceptors (Lipinski definition) is 4. The number of benzene rings is 1. The number of aromatic nitrogens is 1. The molecule has 0 aliphatic carbocycles. The molecule has 96 valence electrons. The smallest absolute Gasteiger partial charge is 0.151 e. The predicted molar refractivity (Wildman–Crippen MR) is 64.1 cm³/mol. The molecule has 18 heavy (non-hydrogen) atoms. The van der Waals surface area contributed by atoms with Crippen LogP contribution < -0.4 is 11.1 Å². The van der Waals surface area contributed by atoms with Gasteiger partial charge in [0, 0.05) is 18.2 Å². The zero-order valence-corrected chi connectivity index (χ0v) is 10.1. The van der Waals surface area contributed by atoms with Crippen molar-refractivity contribution in [2.75, 3.05) is 11.1 Å². The molecule has 2 rings (SSSR count). The van der Waals surface area contributed by atoms with Crippen molar-refractivity contribution in [3.8, 4) is 0 Å². The summed E-state index contributed by atoms with van der Waals surface area (Å²) in [7, 11) is 0. The maximum Gasteiger partial charge on any atom is 0.151 e. The molecule has 1 heterocycles. The average Bonchev–Trinajstić information content (AvgIpc) is 2.62. The van der Waals surface area contributed by atoms with Crippen molar-refractivity contribution in [3.63, 3.8) is 0 Å². The monoisotopic (exact) mass is 253 g/mol. The molecule has 0 spiro atoms. The summed E-state index contributed by atoms with van der Waals surface area (Å²) in [5.74, 6) is -0.797. The summed E-state index contributed by atoms with van der Waals surface area (Å²) < 4.78 is 31.3. The number of anilines is 2. The van der Waals surface area contributed by atoms with Crippen molar-refractivity contribution in [1.82, 2.24) is 5.16 Å². The lowest BCUT2D eigenvalue weighted by Gasteiger charge is -2.09. The van der Waals surface area contributed by atoms with Gasteiger partial charge < -0.3 is 15.6 Å². The molecule has 0 saturated carbocycles. The van der Waals surface area contributed by atoms with Crippen LogP contribution in [0.15, 0.2) is 16.7 Å². The van der Waals surface area contributed by atoms with E-state index < -0.39 is 11.6 Å². The molecule has 1 aromatic carbocycles. The Morgan fingerprint density at radius 2 is 2.06 bits per heavy atom. The molecule has 2 aromatic rings. The van der Waals surface area contributed by atoms with Crippen LogP contribution in [0.2, 0.25) is 0 Å². The fourth-order valence-corrected chi connectivity index (χ4v) is 1.67. The molecule has 0 aliphatic rings. The molecule has 0 atom stereocenters. The summed E-state index contributed by atoms with van der Waals surface area (Å²) in [5.41, 5.74) is 7.21. The van der Waals surface area contributed by atoms with E-state index >= 15 is 0 Å². The van der Waals surface area contributed by atoms with Crippen molar-refractivity contribution in [1.29, 1.82) is 0 Å². The molecule has 4 nitrogen and oxygen atoms in total. The quantitative estimate of drug-likeness (QED) is 0.825. The Hall–Kier alpha value is -2.11. The number of halogens is 2. The van der Waals surface area contributed by atoms with Gasteiger partial charge in [0.15, 0.2) is 5.82 Å². The first kappa shape index (κ1) is 12.3. The number of nitrogens with two attached hydrogens (primary N) is 1. The molecule has 0 fully saturated rings. The van der Waals surface area contributed by atoms with Crippen molar-refractivity contribution in [2.45, 2.75) is 20.4 Å². The van der Waals surface area contributed by atoms with Gasteiger partial charge in [-0.3, -0.25) is 0 Å². The van der Waals surface area contributed by atoms with Gasteiger partial charge in [0.1, 0.15) is 11.6 Å². The fourth-order valence-electron chi connectivity index (χ4n) is 1.67. The lowest BCUT2D eigenvalue weighted by molar-refractivity contribution is 0.392. The highest BCUT2D eigenvalue weighted by molar-refractivity contribution is 5.66. The predicted octanol–water partition coefficient (Wildman–Crippen LogP) is 2.76. The van der Waals surface area contributed by atoms with Crippen molar-refractivity contribution >= 4 is 11.4 Å². The highest BCUT2D eigenvalue weighted by Crippen LogP contribution is 2.24. The van der Waals surface area contributed by atoms with Gasteiger partial charge in [-0.15, -0.1) is 0 Å². The molecule has 0 unspecified atom stereocenters. The third-order valence-electron chi connectivity index (χ3n) is 2.73. The molecule has 0 bridgehead atoms. The van der Waals surface area contributed by atoms with Crippen LogP contribution in [0.3, 0.4) is 0 Å². The zero-order chi connectivity index (χ0) is 13.3. The summed E-state index contributed by atoms with van der Waals surface area (Å²) in [4.78, 5) is 0. The second kappa shape index (κ2) is 4.64. The maximum absolute atomic E-state index is 13.2. The van der Waals surface area contributed by atoms with Crippen LogP contribution in [-0.4, -0.2) is 5.16 Å². The summed E-state index contributed by atoms with van der Waals surface area (Å²) in [5, 5.41) is 6.67. The molecule has 1 aromatic heterocycles. The maximum atomic E-state index is 13.2. The van der Waals surface area contributed by atoms with Crippen molar-refractivity contribution in [3.05, 3.63) is 40.8 Å². The Balaban J connectivity index is 2.21. The zero-order valence-electron chi connectivity index (χ0n) is 10.1. The van der Waals surface area contributed by atoms with Gasteiger partial charge >= 0.3 is 0 Å². The Labute approximate surface area is 103 Å². The Morgan fingerprint density at radius 1 is 1.33 bits per heavy atom. The Morgan fingerprint density at radius 3 is 2.67 bits per heavy atom. The first-order valence-electron chi connectivity index (χ1n) is 5.39. The van der Waals surface area contributed by atoms with E-state index in [0.29, 0.717) is 12.3 Å². The third kappa shape index (κ3) is 2.27. The topological polar surface area (TPSA) is 64.1 Å². The van der Waals surface area contributed by atoms with Gasteiger partial charge in [-0.2, -0.15) is 0 Å². The van der Waals surface area contributed by atoms with Crippen LogP contribution in [-0.2, 0) is 6.54 Å². The normalized spacial score (nSPS) is 10.7. The first-order valence-corrected chi connectivity index (χ1v) is 5.39. The van der Waals surface area contributed by atoms with Crippen LogP contribution in [0.5, 0.6) is 0 Å². The molecule has 6 heteroatoms. The van der Waals surface area contributed by atoms with E-state index in [1.807, 2.05) is 0 Å². The Bertz CT molecular complexity index is 561. The number of aryl methyl sites for hydroxylation is 2. The molecule has 3 N–H and O–H groups in total. The number of nitrogens with zero attached hydrogens (tertiary/aromatic N) is 1. The second-order valence-electron chi connectivity index (χ2n) is 4.01. The van der Waals surface area contributed by atoms with Gasteiger partial charge in [-0.05, 0) is 19.9 Å². The number of nitrogen functional groups attached to an aromatic ring is 1. The van der Waals surface area contributed by atoms with Crippen LogP contribution >= 0.6 is 0 Å². The average molecular weight is 253 g/mol. The Kier molecular flexibility index (Phi) is 3.18. The fraction of sp³-hybridized carbons (Fsp3) is 0.250. The molecule has 0 radical (unpaired) electrons. The highest BCUT2D eigenvalue weighted by Gasteiger charge is 2.11. The SMILES string of the molecule is Cc1noc(C)c1CNc1cc(F)cc(F)c1N. The van der Waals surface area contributed by atoms with E-state index in [2.05, 4.69) is 10.5 Å². The summed E-state index contributed by atoms with van der Waals surface area (Å²) >= 11 is 0. The lowest BCUT2D eigenvalue weighted by Crippen LogP contribution is -2.06. The number of hydrogen-bond donors (Lipinski definition) is 2. The summed E-state index contributed by atoms with van der Waals surface area (Å²) in [6.07, 6.45) is 0. The third-order valence-corrected chi connectivity index (χ3v) is 2.73. The number of rotatable bonds is 3. The van der Waals surface area contributed by atoms with Crippen LogP contribution in [0, 0.1) is 25.5 Å². The van der Waals surface area contributed by atoms with E-state index in [1.54, 1.807) is 13.8 Å². The van der Waals surface area contributed by atoms with Gasteiger partial charge in [-0.1, -0.05) is 5.16 Å². The minimum absolute atomic E-state index is 0.108. The number of nitrogens with one attached hydrogen (secondary N) is 1. The second-order valence-corrected chi connectivity index (χ2v) is 4.01. The highest BCUT2D eigenvalue weighted by atomic mass is 19.1. The molecule has 0 aliphatic heterocycles.